The maximum Gasteiger partial charge on any atom is 0.112 e. The minimum atomic E-state index is 0.933. The van der Waals surface area contributed by atoms with Gasteiger partial charge in [-0.05, 0) is 37.7 Å². The zero-order valence-corrected chi connectivity index (χ0v) is 7.87. The second kappa shape index (κ2) is 2.86. The molecule has 0 aromatic rings. The molecule has 69 valence electrons. The lowest BCUT2D eigenvalue weighted by Crippen LogP contribution is -2.35. The van der Waals surface area contributed by atoms with Crippen LogP contribution in [0.15, 0.2) is 17.3 Å². The second-order valence-electron chi connectivity index (χ2n) is 4.29. The van der Waals surface area contributed by atoms with Crippen LogP contribution in [-0.2, 0) is 0 Å². The second-order valence-corrected chi connectivity index (χ2v) is 4.29. The van der Waals surface area contributed by atoms with E-state index in [1.807, 2.05) is 6.20 Å². The minimum Gasteiger partial charge on any atom is -0.356 e. The van der Waals surface area contributed by atoms with E-state index in [0.717, 1.165) is 12.5 Å². The molecule has 0 unspecified atom stereocenters. The molecule has 2 bridgehead atoms. The SMILES string of the molecule is C1=CN=C2[C]3CCC(CC3)CN2C1. The molecule has 0 aromatic carbocycles. The van der Waals surface area contributed by atoms with Gasteiger partial charge in [0.2, 0.25) is 0 Å². The first kappa shape index (κ1) is 7.60. The van der Waals surface area contributed by atoms with Crippen LogP contribution < -0.4 is 0 Å². The Labute approximate surface area is 79.3 Å². The molecule has 1 saturated carbocycles. The number of amidine groups is 1. The van der Waals surface area contributed by atoms with Crippen molar-refractivity contribution in [3.05, 3.63) is 18.2 Å². The van der Waals surface area contributed by atoms with Crippen molar-refractivity contribution in [2.45, 2.75) is 25.7 Å². The predicted molar refractivity (Wildman–Crippen MR) is 53.3 cm³/mol. The van der Waals surface area contributed by atoms with Crippen molar-refractivity contribution < 1.29 is 0 Å². The Hall–Kier alpha value is -0.790. The molecule has 2 nitrogen and oxygen atoms in total. The van der Waals surface area contributed by atoms with E-state index in [1.165, 1.54) is 38.1 Å². The number of nitrogens with zero attached hydrogens (tertiary/aromatic N) is 2. The Bertz CT molecular complexity index is 255. The van der Waals surface area contributed by atoms with Crippen molar-refractivity contribution in [3.63, 3.8) is 0 Å². The van der Waals surface area contributed by atoms with Gasteiger partial charge in [-0.15, -0.1) is 0 Å². The molecular formula is C11H15N2. The molecule has 4 rings (SSSR count). The molecule has 3 heterocycles. The van der Waals surface area contributed by atoms with E-state index < -0.39 is 0 Å². The average Bonchev–Trinajstić information content (AvgIpc) is 2.46. The zero-order valence-electron chi connectivity index (χ0n) is 7.87. The third-order valence-electron chi connectivity index (χ3n) is 3.43. The van der Waals surface area contributed by atoms with Crippen LogP contribution in [-0.4, -0.2) is 23.8 Å². The predicted octanol–water partition coefficient (Wildman–Crippen LogP) is 1.99. The first-order valence-corrected chi connectivity index (χ1v) is 5.26. The maximum atomic E-state index is 4.52. The van der Waals surface area contributed by atoms with Crippen molar-refractivity contribution in [2.75, 3.05) is 13.1 Å². The van der Waals surface area contributed by atoms with Crippen LogP contribution in [0.4, 0.5) is 0 Å². The van der Waals surface area contributed by atoms with Crippen molar-refractivity contribution in [2.24, 2.45) is 10.9 Å². The van der Waals surface area contributed by atoms with Gasteiger partial charge in [0.05, 0.1) is 0 Å². The molecule has 0 amide bonds. The Morgan fingerprint density at radius 3 is 3.00 bits per heavy atom. The van der Waals surface area contributed by atoms with Crippen LogP contribution >= 0.6 is 0 Å². The van der Waals surface area contributed by atoms with Gasteiger partial charge in [-0.2, -0.15) is 0 Å². The van der Waals surface area contributed by atoms with Gasteiger partial charge in [-0.25, -0.2) is 4.99 Å². The standard InChI is InChI=1S/C11H15N2/c1-6-12-11-10-4-2-9(3-5-10)8-13(11)7-1/h1,6,9H,2-5,7-8H2. The quantitative estimate of drug-likeness (QED) is 0.549. The highest BCUT2D eigenvalue weighted by molar-refractivity contribution is 5.96. The Kier molecular flexibility index (Phi) is 1.67. The van der Waals surface area contributed by atoms with Crippen molar-refractivity contribution in [1.29, 1.82) is 0 Å². The summed E-state index contributed by atoms with van der Waals surface area (Å²) >= 11 is 0. The molecule has 0 aromatic heterocycles. The largest absolute Gasteiger partial charge is 0.356 e. The summed E-state index contributed by atoms with van der Waals surface area (Å²) in [5.74, 6) is 3.85. The van der Waals surface area contributed by atoms with Crippen LogP contribution in [0.2, 0.25) is 0 Å². The number of hydrogen-bond acceptors (Lipinski definition) is 2. The fraction of sp³-hybridized carbons (Fsp3) is 0.636. The monoisotopic (exact) mass is 175 g/mol. The summed E-state index contributed by atoms with van der Waals surface area (Å²) < 4.78 is 0. The molecule has 0 spiro atoms. The lowest BCUT2D eigenvalue weighted by atomic mass is 9.84. The molecule has 3 fully saturated rings. The van der Waals surface area contributed by atoms with Gasteiger partial charge in [0.25, 0.3) is 0 Å². The highest BCUT2D eigenvalue weighted by atomic mass is 15.2. The van der Waals surface area contributed by atoms with Crippen LogP contribution in [0.3, 0.4) is 0 Å². The zero-order chi connectivity index (χ0) is 8.67. The summed E-state index contributed by atoms with van der Waals surface area (Å²) in [7, 11) is 0. The van der Waals surface area contributed by atoms with E-state index in [0.29, 0.717) is 0 Å². The smallest absolute Gasteiger partial charge is 0.112 e. The Balaban J connectivity index is 1.95. The summed E-state index contributed by atoms with van der Waals surface area (Å²) in [5, 5.41) is 0. The van der Waals surface area contributed by atoms with Gasteiger partial charge in [-0.3, -0.25) is 0 Å². The molecule has 4 aliphatic rings. The lowest BCUT2D eigenvalue weighted by Gasteiger charge is -2.26. The van der Waals surface area contributed by atoms with E-state index >= 15 is 0 Å². The fourth-order valence-corrected chi connectivity index (χ4v) is 2.69. The normalized spacial score (nSPS) is 28.6. The van der Waals surface area contributed by atoms with E-state index in [-0.39, 0.29) is 0 Å². The molecular weight excluding hydrogens is 160 g/mol. The number of fused-ring (bicyclic) bond motifs is 2. The van der Waals surface area contributed by atoms with Gasteiger partial charge in [-0.1, -0.05) is 0 Å². The summed E-state index contributed by atoms with van der Waals surface area (Å²) in [5.41, 5.74) is 0. The van der Waals surface area contributed by atoms with Crippen molar-refractivity contribution in [1.82, 2.24) is 4.90 Å². The summed E-state index contributed by atoms with van der Waals surface area (Å²) in [4.78, 5) is 6.97. The molecule has 0 atom stereocenters. The van der Waals surface area contributed by atoms with E-state index in [1.54, 1.807) is 5.92 Å². The summed E-state index contributed by atoms with van der Waals surface area (Å²) in [6.45, 7) is 2.32. The fourth-order valence-electron chi connectivity index (χ4n) is 2.69. The highest BCUT2D eigenvalue weighted by Crippen LogP contribution is 2.37. The molecule has 2 heteroatoms. The number of rotatable bonds is 0. The van der Waals surface area contributed by atoms with Gasteiger partial charge >= 0.3 is 0 Å². The van der Waals surface area contributed by atoms with E-state index in [4.69, 9.17) is 0 Å². The van der Waals surface area contributed by atoms with Gasteiger partial charge < -0.3 is 4.90 Å². The molecule has 0 N–H and O–H groups in total. The van der Waals surface area contributed by atoms with Gasteiger partial charge in [0.1, 0.15) is 5.84 Å². The third-order valence-corrected chi connectivity index (χ3v) is 3.43. The van der Waals surface area contributed by atoms with Crippen LogP contribution in [0.1, 0.15) is 25.7 Å². The third kappa shape index (κ3) is 1.19. The topological polar surface area (TPSA) is 15.6 Å². The van der Waals surface area contributed by atoms with Crippen LogP contribution in [0.5, 0.6) is 0 Å². The highest BCUT2D eigenvalue weighted by Gasteiger charge is 2.34. The molecule has 3 aliphatic heterocycles. The van der Waals surface area contributed by atoms with E-state index in [2.05, 4.69) is 16.0 Å². The maximum absolute atomic E-state index is 4.52. The number of aliphatic imine (C=N–C) groups is 1. The summed E-state index contributed by atoms with van der Waals surface area (Å²) in [6, 6.07) is 0. The van der Waals surface area contributed by atoms with Crippen molar-refractivity contribution in [3.8, 4) is 0 Å². The molecule has 2 saturated heterocycles. The first-order valence-electron chi connectivity index (χ1n) is 5.26. The summed E-state index contributed by atoms with van der Waals surface area (Å²) in [6.07, 6.45) is 9.52. The van der Waals surface area contributed by atoms with Crippen LogP contribution in [0, 0.1) is 11.8 Å². The van der Waals surface area contributed by atoms with Gasteiger partial charge in [0, 0.05) is 25.2 Å². The Morgan fingerprint density at radius 2 is 2.15 bits per heavy atom. The van der Waals surface area contributed by atoms with Crippen molar-refractivity contribution >= 4 is 5.84 Å². The lowest BCUT2D eigenvalue weighted by molar-refractivity contribution is 0.336. The number of hydrogen-bond donors (Lipinski definition) is 0. The van der Waals surface area contributed by atoms with Gasteiger partial charge in [0.15, 0.2) is 0 Å². The van der Waals surface area contributed by atoms with E-state index in [9.17, 15) is 0 Å². The first-order chi connectivity index (χ1) is 6.43. The minimum absolute atomic E-state index is 0.933. The molecule has 13 heavy (non-hydrogen) atoms. The average molecular weight is 175 g/mol. The Morgan fingerprint density at radius 1 is 1.31 bits per heavy atom. The molecule has 1 aliphatic carbocycles. The molecule has 1 radical (unpaired) electrons. The van der Waals surface area contributed by atoms with Crippen LogP contribution in [0.25, 0.3) is 0 Å².